The van der Waals surface area contributed by atoms with Gasteiger partial charge < -0.3 is 10.8 Å². The van der Waals surface area contributed by atoms with Crippen LogP contribution in [-0.2, 0) is 6.42 Å². The molecular weight excluding hydrogens is 192 g/mol. The predicted octanol–water partition coefficient (Wildman–Crippen LogP) is 0.753. The number of phenols is 1. The van der Waals surface area contributed by atoms with E-state index in [-0.39, 0.29) is 11.8 Å². The molecule has 1 aromatic carbocycles. The number of aromatic hydroxyl groups is 1. The van der Waals surface area contributed by atoms with Crippen LogP contribution in [0.2, 0.25) is 0 Å². The van der Waals surface area contributed by atoms with Crippen LogP contribution < -0.4 is 5.73 Å². The number of aromatic amines is 1. The van der Waals surface area contributed by atoms with Gasteiger partial charge in [-0.05, 0) is 24.1 Å². The molecule has 2 aromatic rings. The lowest BCUT2D eigenvalue weighted by Gasteiger charge is -2.07. The monoisotopic (exact) mass is 204 g/mol. The Bertz CT molecular complexity index is 409. The summed E-state index contributed by atoms with van der Waals surface area (Å²) in [6.45, 7) is 0. The molecule has 1 atom stereocenters. The Kier molecular flexibility index (Phi) is 2.64. The molecule has 5 heteroatoms. The average molecular weight is 204 g/mol. The fourth-order valence-corrected chi connectivity index (χ4v) is 1.38. The highest BCUT2D eigenvalue weighted by molar-refractivity contribution is 5.26. The van der Waals surface area contributed by atoms with Gasteiger partial charge in [0.05, 0.1) is 6.04 Å². The number of H-pyrrole nitrogens is 1. The van der Waals surface area contributed by atoms with Crippen molar-refractivity contribution >= 4 is 0 Å². The van der Waals surface area contributed by atoms with Crippen LogP contribution in [0, 0.1) is 0 Å². The number of nitrogens with two attached hydrogens (primary N) is 1. The summed E-state index contributed by atoms with van der Waals surface area (Å²) >= 11 is 0. The van der Waals surface area contributed by atoms with Crippen molar-refractivity contribution in [3.05, 3.63) is 42.0 Å². The zero-order chi connectivity index (χ0) is 10.7. The van der Waals surface area contributed by atoms with E-state index in [0.29, 0.717) is 12.2 Å². The van der Waals surface area contributed by atoms with E-state index in [1.165, 1.54) is 6.33 Å². The molecule has 0 bridgehead atoms. The average Bonchev–Trinajstić information content (AvgIpc) is 2.74. The minimum absolute atomic E-state index is 0.197. The molecule has 1 heterocycles. The van der Waals surface area contributed by atoms with Crippen LogP contribution in [-0.4, -0.2) is 20.3 Å². The molecule has 0 amide bonds. The lowest BCUT2D eigenvalue weighted by Crippen LogP contribution is -2.14. The van der Waals surface area contributed by atoms with Crippen molar-refractivity contribution in [2.45, 2.75) is 12.5 Å². The van der Waals surface area contributed by atoms with Crippen LogP contribution in [0.1, 0.15) is 17.4 Å². The Morgan fingerprint density at radius 3 is 2.67 bits per heavy atom. The molecular formula is C10H12N4O. The van der Waals surface area contributed by atoms with E-state index >= 15 is 0 Å². The van der Waals surface area contributed by atoms with Crippen LogP contribution in [0.25, 0.3) is 0 Å². The summed E-state index contributed by atoms with van der Waals surface area (Å²) in [4.78, 5) is 3.99. The quantitative estimate of drug-likeness (QED) is 0.688. The van der Waals surface area contributed by atoms with E-state index < -0.39 is 0 Å². The fraction of sp³-hybridized carbons (Fsp3) is 0.200. The summed E-state index contributed by atoms with van der Waals surface area (Å²) in [5, 5.41) is 15.6. The second kappa shape index (κ2) is 4.10. The van der Waals surface area contributed by atoms with Gasteiger partial charge in [0.1, 0.15) is 17.9 Å². The molecule has 5 nitrogen and oxygen atoms in total. The van der Waals surface area contributed by atoms with Crippen molar-refractivity contribution in [3.8, 4) is 5.75 Å². The topological polar surface area (TPSA) is 87.8 Å². The van der Waals surface area contributed by atoms with Gasteiger partial charge in [0, 0.05) is 0 Å². The molecule has 0 aliphatic carbocycles. The van der Waals surface area contributed by atoms with E-state index in [4.69, 9.17) is 10.8 Å². The Balaban J connectivity index is 2.06. The van der Waals surface area contributed by atoms with Crippen LogP contribution >= 0.6 is 0 Å². The molecule has 0 spiro atoms. The summed E-state index contributed by atoms with van der Waals surface area (Å²) in [5.74, 6) is 0.926. The summed E-state index contributed by atoms with van der Waals surface area (Å²) in [6, 6.07) is 6.76. The molecule has 15 heavy (non-hydrogen) atoms. The number of hydrogen-bond donors (Lipinski definition) is 3. The predicted molar refractivity (Wildman–Crippen MR) is 55.1 cm³/mol. The highest BCUT2D eigenvalue weighted by Gasteiger charge is 2.09. The SMILES string of the molecule is N[C@@H](Cc1ccc(O)cc1)c1ncn[nH]1. The van der Waals surface area contributed by atoms with E-state index in [0.717, 1.165) is 5.56 Å². The first-order chi connectivity index (χ1) is 7.25. The summed E-state index contributed by atoms with van der Waals surface area (Å²) < 4.78 is 0. The van der Waals surface area contributed by atoms with Gasteiger partial charge in [-0.15, -0.1) is 0 Å². The Hall–Kier alpha value is -1.88. The van der Waals surface area contributed by atoms with Crippen LogP contribution in [0.15, 0.2) is 30.6 Å². The van der Waals surface area contributed by atoms with E-state index in [9.17, 15) is 0 Å². The van der Waals surface area contributed by atoms with Crippen molar-refractivity contribution in [2.75, 3.05) is 0 Å². The maximum absolute atomic E-state index is 9.11. The zero-order valence-corrected chi connectivity index (χ0v) is 8.09. The number of rotatable bonds is 3. The molecule has 0 saturated carbocycles. The lowest BCUT2D eigenvalue weighted by atomic mass is 10.1. The maximum atomic E-state index is 9.11. The van der Waals surface area contributed by atoms with Crippen LogP contribution in [0.3, 0.4) is 0 Å². The largest absolute Gasteiger partial charge is 0.508 e. The number of nitrogens with zero attached hydrogens (tertiary/aromatic N) is 2. The molecule has 0 unspecified atom stereocenters. The van der Waals surface area contributed by atoms with E-state index in [1.807, 2.05) is 12.1 Å². The fourth-order valence-electron chi connectivity index (χ4n) is 1.38. The molecule has 4 N–H and O–H groups in total. The first kappa shape index (κ1) is 9.67. The molecule has 0 radical (unpaired) electrons. The first-order valence-corrected chi connectivity index (χ1v) is 4.64. The normalized spacial score (nSPS) is 12.6. The van der Waals surface area contributed by atoms with Crippen molar-refractivity contribution < 1.29 is 5.11 Å². The number of nitrogens with one attached hydrogen (secondary N) is 1. The van der Waals surface area contributed by atoms with E-state index in [2.05, 4.69) is 15.2 Å². The molecule has 0 fully saturated rings. The molecule has 0 aliphatic heterocycles. The number of benzene rings is 1. The van der Waals surface area contributed by atoms with Gasteiger partial charge in [-0.25, -0.2) is 4.98 Å². The third-order valence-corrected chi connectivity index (χ3v) is 2.18. The van der Waals surface area contributed by atoms with Gasteiger partial charge >= 0.3 is 0 Å². The van der Waals surface area contributed by atoms with Gasteiger partial charge in [-0.2, -0.15) is 5.10 Å². The minimum atomic E-state index is -0.197. The third kappa shape index (κ3) is 2.32. The van der Waals surface area contributed by atoms with Gasteiger partial charge in [0.25, 0.3) is 0 Å². The summed E-state index contributed by atoms with van der Waals surface area (Å²) in [6.07, 6.45) is 2.10. The Morgan fingerprint density at radius 1 is 1.33 bits per heavy atom. The Morgan fingerprint density at radius 2 is 2.07 bits per heavy atom. The van der Waals surface area contributed by atoms with E-state index in [1.54, 1.807) is 12.1 Å². The number of phenolic OH excluding ortho intramolecular Hbond substituents is 1. The molecule has 0 aliphatic rings. The standard InChI is InChI=1S/C10H12N4O/c11-9(10-12-6-13-14-10)5-7-1-3-8(15)4-2-7/h1-4,6,9,15H,5,11H2,(H,12,13,14)/t9-/m0/s1. The van der Waals surface area contributed by atoms with Crippen molar-refractivity contribution in [1.82, 2.24) is 15.2 Å². The second-order valence-electron chi connectivity index (χ2n) is 3.35. The van der Waals surface area contributed by atoms with Crippen molar-refractivity contribution in [3.63, 3.8) is 0 Å². The molecule has 2 rings (SSSR count). The number of aromatic nitrogens is 3. The van der Waals surface area contributed by atoms with Crippen LogP contribution in [0.4, 0.5) is 0 Å². The molecule has 0 saturated heterocycles. The van der Waals surface area contributed by atoms with Gasteiger partial charge in [0.15, 0.2) is 0 Å². The smallest absolute Gasteiger partial charge is 0.141 e. The van der Waals surface area contributed by atoms with Crippen molar-refractivity contribution in [2.24, 2.45) is 5.73 Å². The lowest BCUT2D eigenvalue weighted by molar-refractivity contribution is 0.475. The third-order valence-electron chi connectivity index (χ3n) is 2.18. The number of hydrogen-bond acceptors (Lipinski definition) is 4. The Labute approximate surface area is 87.0 Å². The first-order valence-electron chi connectivity index (χ1n) is 4.64. The van der Waals surface area contributed by atoms with Gasteiger partial charge in [-0.1, -0.05) is 12.1 Å². The van der Waals surface area contributed by atoms with Crippen molar-refractivity contribution in [1.29, 1.82) is 0 Å². The summed E-state index contributed by atoms with van der Waals surface area (Å²) in [5.41, 5.74) is 6.97. The summed E-state index contributed by atoms with van der Waals surface area (Å²) in [7, 11) is 0. The van der Waals surface area contributed by atoms with Gasteiger partial charge in [0.2, 0.25) is 0 Å². The van der Waals surface area contributed by atoms with Gasteiger partial charge in [-0.3, -0.25) is 5.10 Å². The second-order valence-corrected chi connectivity index (χ2v) is 3.35. The molecule has 1 aromatic heterocycles. The minimum Gasteiger partial charge on any atom is -0.508 e. The van der Waals surface area contributed by atoms with Crippen LogP contribution in [0.5, 0.6) is 5.75 Å². The molecule has 78 valence electrons. The highest BCUT2D eigenvalue weighted by atomic mass is 16.3. The maximum Gasteiger partial charge on any atom is 0.141 e. The highest BCUT2D eigenvalue weighted by Crippen LogP contribution is 2.15. The zero-order valence-electron chi connectivity index (χ0n) is 8.09.